The van der Waals surface area contributed by atoms with Crippen molar-refractivity contribution < 1.29 is 17.7 Å². The Morgan fingerprint density at radius 1 is 1.12 bits per heavy atom. The molecular formula is C18H15F3N4O. The van der Waals surface area contributed by atoms with E-state index in [1.807, 2.05) is 0 Å². The third-order valence-electron chi connectivity index (χ3n) is 4.42. The van der Waals surface area contributed by atoms with E-state index < -0.39 is 17.5 Å². The number of hydrogen-bond donors (Lipinski definition) is 0. The number of pyridine rings is 1. The Kier molecular flexibility index (Phi) is 4.42. The zero-order valence-electron chi connectivity index (χ0n) is 13.7. The first-order chi connectivity index (χ1) is 12.6. The summed E-state index contributed by atoms with van der Waals surface area (Å²) in [6, 6.07) is 6.55. The van der Waals surface area contributed by atoms with Crippen molar-refractivity contribution in [3.8, 4) is 11.5 Å². The van der Waals surface area contributed by atoms with E-state index in [2.05, 4.69) is 20.0 Å². The first-order valence-corrected chi connectivity index (χ1v) is 8.23. The maximum atomic E-state index is 13.4. The molecule has 1 atom stereocenters. The summed E-state index contributed by atoms with van der Waals surface area (Å²) < 4.78 is 44.9. The van der Waals surface area contributed by atoms with Gasteiger partial charge in [0, 0.05) is 6.54 Å². The minimum atomic E-state index is -0.861. The van der Waals surface area contributed by atoms with Crippen molar-refractivity contribution >= 4 is 0 Å². The van der Waals surface area contributed by atoms with E-state index in [1.165, 1.54) is 18.2 Å². The molecule has 0 aliphatic carbocycles. The highest BCUT2D eigenvalue weighted by Crippen LogP contribution is 2.33. The second kappa shape index (κ2) is 6.87. The van der Waals surface area contributed by atoms with Gasteiger partial charge in [-0.05, 0) is 49.2 Å². The molecule has 2 aromatic heterocycles. The average molecular weight is 360 g/mol. The molecule has 3 heterocycles. The van der Waals surface area contributed by atoms with Gasteiger partial charge in [0.15, 0.2) is 11.6 Å². The molecule has 1 aliphatic rings. The topological polar surface area (TPSA) is 55.1 Å². The number of hydrogen-bond acceptors (Lipinski definition) is 5. The summed E-state index contributed by atoms with van der Waals surface area (Å²) in [7, 11) is 0. The lowest BCUT2D eigenvalue weighted by Crippen LogP contribution is -2.23. The number of rotatable bonds is 4. The van der Waals surface area contributed by atoms with Crippen LogP contribution in [0.2, 0.25) is 0 Å². The van der Waals surface area contributed by atoms with Crippen molar-refractivity contribution in [1.82, 2.24) is 20.0 Å². The lowest BCUT2D eigenvalue weighted by atomic mass is 10.1. The van der Waals surface area contributed by atoms with E-state index in [9.17, 15) is 13.2 Å². The van der Waals surface area contributed by atoms with Crippen LogP contribution >= 0.6 is 0 Å². The molecule has 0 bridgehead atoms. The minimum absolute atomic E-state index is 0.107. The molecule has 0 saturated carbocycles. The molecule has 5 nitrogen and oxygen atoms in total. The molecule has 1 aromatic carbocycles. The van der Waals surface area contributed by atoms with Crippen LogP contribution < -0.4 is 0 Å². The Morgan fingerprint density at radius 2 is 2.00 bits per heavy atom. The lowest BCUT2D eigenvalue weighted by molar-refractivity contribution is 0.201. The van der Waals surface area contributed by atoms with E-state index in [1.54, 1.807) is 6.07 Å². The Hall–Kier alpha value is -2.74. The van der Waals surface area contributed by atoms with Crippen molar-refractivity contribution in [2.75, 3.05) is 6.54 Å². The molecule has 1 unspecified atom stereocenters. The SMILES string of the molecule is Fc1ccc(-c2noc(C3CCCN3Cc3ccc(F)c(F)c3)n2)nc1. The molecule has 3 aromatic rings. The van der Waals surface area contributed by atoms with Crippen LogP contribution in [-0.2, 0) is 6.54 Å². The maximum Gasteiger partial charge on any atom is 0.244 e. The van der Waals surface area contributed by atoms with E-state index in [0.29, 0.717) is 29.5 Å². The normalized spacial score (nSPS) is 17.7. The minimum Gasteiger partial charge on any atom is -0.337 e. The van der Waals surface area contributed by atoms with Gasteiger partial charge < -0.3 is 4.52 Å². The second-order valence-corrected chi connectivity index (χ2v) is 6.19. The van der Waals surface area contributed by atoms with Gasteiger partial charge in [-0.1, -0.05) is 11.2 Å². The van der Waals surface area contributed by atoms with Gasteiger partial charge in [0.25, 0.3) is 0 Å². The fraction of sp³-hybridized carbons (Fsp3) is 0.278. The van der Waals surface area contributed by atoms with Crippen LogP contribution in [0.1, 0.15) is 30.3 Å². The summed E-state index contributed by atoms with van der Waals surface area (Å²) in [5.74, 6) is -1.43. The number of nitrogens with zero attached hydrogens (tertiary/aromatic N) is 4. The van der Waals surface area contributed by atoms with Crippen molar-refractivity contribution in [3.05, 3.63) is 65.4 Å². The fourth-order valence-corrected chi connectivity index (χ4v) is 3.15. The van der Waals surface area contributed by atoms with Gasteiger partial charge in [0.2, 0.25) is 11.7 Å². The zero-order valence-corrected chi connectivity index (χ0v) is 13.7. The Morgan fingerprint density at radius 3 is 2.77 bits per heavy atom. The van der Waals surface area contributed by atoms with Crippen LogP contribution in [0.15, 0.2) is 41.1 Å². The third kappa shape index (κ3) is 3.32. The summed E-state index contributed by atoms with van der Waals surface area (Å²) >= 11 is 0. The molecule has 26 heavy (non-hydrogen) atoms. The van der Waals surface area contributed by atoms with E-state index in [0.717, 1.165) is 31.6 Å². The molecule has 1 fully saturated rings. The summed E-state index contributed by atoms with van der Waals surface area (Å²) in [5.41, 5.74) is 1.10. The quantitative estimate of drug-likeness (QED) is 0.707. The van der Waals surface area contributed by atoms with Crippen LogP contribution in [0.5, 0.6) is 0 Å². The predicted molar refractivity (Wildman–Crippen MR) is 86.2 cm³/mol. The van der Waals surface area contributed by atoms with E-state index in [-0.39, 0.29) is 6.04 Å². The van der Waals surface area contributed by atoms with Crippen LogP contribution in [0.25, 0.3) is 11.5 Å². The molecular weight excluding hydrogens is 345 g/mol. The Labute approximate surface area is 147 Å². The fourth-order valence-electron chi connectivity index (χ4n) is 3.15. The first-order valence-electron chi connectivity index (χ1n) is 8.23. The van der Waals surface area contributed by atoms with Gasteiger partial charge in [-0.2, -0.15) is 4.98 Å². The van der Waals surface area contributed by atoms with Crippen molar-refractivity contribution in [3.63, 3.8) is 0 Å². The van der Waals surface area contributed by atoms with Gasteiger partial charge in [-0.25, -0.2) is 18.2 Å². The van der Waals surface area contributed by atoms with Crippen molar-refractivity contribution in [1.29, 1.82) is 0 Å². The third-order valence-corrected chi connectivity index (χ3v) is 4.42. The van der Waals surface area contributed by atoms with Crippen LogP contribution in [0.4, 0.5) is 13.2 Å². The Balaban J connectivity index is 1.53. The highest BCUT2D eigenvalue weighted by atomic mass is 19.2. The molecule has 8 heteroatoms. The van der Waals surface area contributed by atoms with E-state index in [4.69, 9.17) is 4.52 Å². The number of halogens is 3. The number of aromatic nitrogens is 3. The number of likely N-dealkylation sites (tertiary alicyclic amines) is 1. The highest BCUT2D eigenvalue weighted by Gasteiger charge is 2.31. The van der Waals surface area contributed by atoms with Gasteiger partial charge >= 0.3 is 0 Å². The van der Waals surface area contributed by atoms with Gasteiger partial charge in [0.1, 0.15) is 11.5 Å². The summed E-state index contributed by atoms with van der Waals surface area (Å²) in [6.45, 7) is 1.24. The average Bonchev–Trinajstić information content (AvgIpc) is 3.28. The molecule has 4 rings (SSSR count). The first kappa shape index (κ1) is 16.7. The molecule has 0 amide bonds. The second-order valence-electron chi connectivity index (χ2n) is 6.19. The summed E-state index contributed by atoms with van der Waals surface area (Å²) in [4.78, 5) is 10.4. The van der Waals surface area contributed by atoms with Crippen LogP contribution in [0.3, 0.4) is 0 Å². The molecule has 134 valence electrons. The Bertz CT molecular complexity index is 913. The van der Waals surface area contributed by atoms with Gasteiger partial charge in [-0.15, -0.1) is 0 Å². The molecule has 0 spiro atoms. The molecule has 0 radical (unpaired) electrons. The summed E-state index contributed by atoms with van der Waals surface area (Å²) in [5, 5.41) is 3.92. The van der Waals surface area contributed by atoms with Gasteiger partial charge in [0.05, 0.1) is 12.2 Å². The van der Waals surface area contributed by atoms with E-state index >= 15 is 0 Å². The smallest absolute Gasteiger partial charge is 0.244 e. The summed E-state index contributed by atoms with van der Waals surface area (Å²) in [6.07, 6.45) is 2.85. The maximum absolute atomic E-state index is 13.4. The van der Waals surface area contributed by atoms with Crippen LogP contribution in [0, 0.1) is 17.5 Å². The van der Waals surface area contributed by atoms with Gasteiger partial charge in [-0.3, -0.25) is 4.90 Å². The predicted octanol–water partition coefficient (Wildman–Crippen LogP) is 3.89. The zero-order chi connectivity index (χ0) is 18.1. The molecule has 1 saturated heterocycles. The molecule has 1 aliphatic heterocycles. The largest absolute Gasteiger partial charge is 0.337 e. The van der Waals surface area contributed by atoms with Crippen molar-refractivity contribution in [2.24, 2.45) is 0 Å². The lowest BCUT2D eigenvalue weighted by Gasteiger charge is -2.21. The number of benzene rings is 1. The monoisotopic (exact) mass is 360 g/mol. The van der Waals surface area contributed by atoms with Crippen molar-refractivity contribution in [2.45, 2.75) is 25.4 Å². The van der Waals surface area contributed by atoms with Crippen LogP contribution in [-0.4, -0.2) is 26.6 Å². The highest BCUT2D eigenvalue weighted by molar-refractivity contribution is 5.47. The standard InChI is InChI=1S/C18H15F3N4O/c19-12-4-6-15(22-9-12)17-23-18(26-24-17)16-2-1-7-25(16)10-11-3-5-13(20)14(21)8-11/h3-6,8-9,16H,1-2,7,10H2. The molecule has 0 N–H and O–H groups in total.